The number of carbonyl (C=O) groups is 1. The zero-order valence-electron chi connectivity index (χ0n) is 16.1. The molecule has 1 N–H and O–H groups in total. The average Bonchev–Trinajstić information content (AvgIpc) is 2.78. The molecule has 1 amide bonds. The highest BCUT2D eigenvalue weighted by Gasteiger charge is 2.26. The number of sulfonamides is 1. The number of pyridine rings is 1. The molecule has 1 fully saturated rings. The molecule has 2 heterocycles. The summed E-state index contributed by atoms with van der Waals surface area (Å²) in [5, 5.41) is 9.25. The first-order chi connectivity index (χ1) is 13.9. The van der Waals surface area contributed by atoms with Gasteiger partial charge in [0.1, 0.15) is 22.5 Å². The largest absolute Gasteiger partial charge is 0.495 e. The van der Waals surface area contributed by atoms with Crippen LogP contribution in [0.2, 0.25) is 0 Å². The molecule has 0 unspecified atom stereocenters. The SMILES string of the molecule is CNS(=O)(=O)c1cc(C(=O)N2CCN(c3ncccc3C#N)CC2)ccc1OC. The molecule has 10 heteroatoms. The van der Waals surface area contributed by atoms with Crippen LogP contribution in [0.4, 0.5) is 5.82 Å². The smallest absolute Gasteiger partial charge is 0.254 e. The Hall–Kier alpha value is -3.16. The summed E-state index contributed by atoms with van der Waals surface area (Å²) in [6, 6.07) is 9.90. The van der Waals surface area contributed by atoms with Gasteiger partial charge in [-0.2, -0.15) is 5.26 Å². The van der Waals surface area contributed by atoms with E-state index in [2.05, 4.69) is 15.8 Å². The summed E-state index contributed by atoms with van der Waals surface area (Å²) in [4.78, 5) is 20.7. The molecule has 1 aliphatic rings. The van der Waals surface area contributed by atoms with Gasteiger partial charge in [-0.3, -0.25) is 4.79 Å². The van der Waals surface area contributed by atoms with E-state index in [0.29, 0.717) is 37.6 Å². The zero-order valence-corrected chi connectivity index (χ0v) is 16.9. The molecule has 3 rings (SSSR count). The van der Waals surface area contributed by atoms with Crippen LogP contribution >= 0.6 is 0 Å². The molecule has 1 aliphatic heterocycles. The first kappa shape index (κ1) is 20.6. The number of nitrogens with one attached hydrogen (secondary N) is 1. The van der Waals surface area contributed by atoms with E-state index in [4.69, 9.17) is 4.74 Å². The molecule has 0 spiro atoms. The molecule has 0 radical (unpaired) electrons. The van der Waals surface area contributed by atoms with Gasteiger partial charge < -0.3 is 14.5 Å². The van der Waals surface area contributed by atoms with E-state index >= 15 is 0 Å². The van der Waals surface area contributed by atoms with E-state index in [1.165, 1.54) is 26.3 Å². The molecule has 0 aliphatic carbocycles. The van der Waals surface area contributed by atoms with Crippen LogP contribution in [0.25, 0.3) is 0 Å². The van der Waals surface area contributed by atoms with E-state index in [9.17, 15) is 18.5 Å². The van der Waals surface area contributed by atoms with Gasteiger partial charge in [-0.1, -0.05) is 0 Å². The van der Waals surface area contributed by atoms with Gasteiger partial charge in [-0.15, -0.1) is 0 Å². The number of anilines is 1. The van der Waals surface area contributed by atoms with Gasteiger partial charge >= 0.3 is 0 Å². The fraction of sp³-hybridized carbons (Fsp3) is 0.316. The monoisotopic (exact) mass is 415 g/mol. The number of ether oxygens (including phenoxy) is 1. The molecular formula is C19H21N5O4S. The van der Waals surface area contributed by atoms with Crippen molar-refractivity contribution in [2.24, 2.45) is 0 Å². The number of methoxy groups -OCH3 is 1. The van der Waals surface area contributed by atoms with Gasteiger partial charge in [-0.25, -0.2) is 18.1 Å². The maximum Gasteiger partial charge on any atom is 0.254 e. The van der Waals surface area contributed by atoms with Gasteiger partial charge in [0.25, 0.3) is 5.91 Å². The lowest BCUT2D eigenvalue weighted by Gasteiger charge is -2.35. The third-order valence-corrected chi connectivity index (χ3v) is 6.18. The second-order valence-electron chi connectivity index (χ2n) is 6.34. The predicted molar refractivity (Wildman–Crippen MR) is 106 cm³/mol. The second kappa shape index (κ2) is 8.46. The number of nitriles is 1. The fourth-order valence-corrected chi connectivity index (χ4v) is 4.09. The molecule has 0 atom stereocenters. The van der Waals surface area contributed by atoms with Crippen molar-refractivity contribution in [1.82, 2.24) is 14.6 Å². The highest BCUT2D eigenvalue weighted by Crippen LogP contribution is 2.26. The fourth-order valence-electron chi connectivity index (χ4n) is 3.17. The topological polar surface area (TPSA) is 116 Å². The lowest BCUT2D eigenvalue weighted by molar-refractivity contribution is 0.0746. The number of aromatic nitrogens is 1. The predicted octanol–water partition coefficient (Wildman–Crippen LogP) is 0.832. The number of benzene rings is 1. The molecular weight excluding hydrogens is 394 g/mol. The number of hydrogen-bond donors (Lipinski definition) is 1. The highest BCUT2D eigenvalue weighted by atomic mass is 32.2. The maximum atomic E-state index is 12.9. The lowest BCUT2D eigenvalue weighted by Crippen LogP contribution is -2.49. The Morgan fingerprint density at radius 3 is 2.59 bits per heavy atom. The van der Waals surface area contributed by atoms with Gasteiger partial charge in [0, 0.05) is 37.9 Å². The van der Waals surface area contributed by atoms with E-state index in [1.54, 1.807) is 29.3 Å². The third-order valence-electron chi connectivity index (χ3n) is 4.74. The van der Waals surface area contributed by atoms with Crippen molar-refractivity contribution in [3.63, 3.8) is 0 Å². The number of nitrogens with zero attached hydrogens (tertiary/aromatic N) is 4. The first-order valence-corrected chi connectivity index (χ1v) is 10.4. The van der Waals surface area contributed by atoms with Crippen molar-refractivity contribution >= 4 is 21.7 Å². The van der Waals surface area contributed by atoms with E-state index in [1.807, 2.05) is 4.90 Å². The molecule has 1 aromatic heterocycles. The Morgan fingerprint density at radius 1 is 1.24 bits per heavy atom. The summed E-state index contributed by atoms with van der Waals surface area (Å²) in [6.07, 6.45) is 1.63. The Kier molecular flexibility index (Phi) is 6.00. The van der Waals surface area contributed by atoms with Crippen LogP contribution in [-0.4, -0.2) is 64.5 Å². The van der Waals surface area contributed by atoms with Crippen LogP contribution in [0.1, 0.15) is 15.9 Å². The number of amides is 1. The van der Waals surface area contributed by atoms with Crippen LogP contribution in [-0.2, 0) is 10.0 Å². The van der Waals surface area contributed by atoms with Crippen molar-refractivity contribution in [3.8, 4) is 11.8 Å². The Balaban J connectivity index is 1.78. The minimum Gasteiger partial charge on any atom is -0.495 e. The van der Waals surface area contributed by atoms with E-state index < -0.39 is 10.0 Å². The van der Waals surface area contributed by atoms with Gasteiger partial charge in [0.15, 0.2) is 0 Å². The lowest BCUT2D eigenvalue weighted by atomic mass is 10.1. The van der Waals surface area contributed by atoms with Crippen LogP contribution in [0.5, 0.6) is 5.75 Å². The van der Waals surface area contributed by atoms with E-state index in [0.717, 1.165) is 0 Å². The molecule has 1 saturated heterocycles. The van der Waals surface area contributed by atoms with Crippen molar-refractivity contribution in [2.75, 3.05) is 45.2 Å². The maximum absolute atomic E-state index is 12.9. The molecule has 0 bridgehead atoms. The number of piperazine rings is 1. The van der Waals surface area contributed by atoms with Crippen molar-refractivity contribution in [3.05, 3.63) is 47.7 Å². The molecule has 2 aromatic rings. The quantitative estimate of drug-likeness (QED) is 0.769. The minimum atomic E-state index is -3.77. The van der Waals surface area contributed by atoms with Crippen LogP contribution in [0, 0.1) is 11.3 Å². The van der Waals surface area contributed by atoms with Crippen molar-refractivity contribution in [1.29, 1.82) is 5.26 Å². The average molecular weight is 415 g/mol. The molecule has 29 heavy (non-hydrogen) atoms. The Labute approximate surface area is 169 Å². The number of carbonyl (C=O) groups excluding carboxylic acids is 1. The number of rotatable bonds is 5. The summed E-state index contributed by atoms with van der Waals surface area (Å²) in [5.74, 6) is 0.509. The summed E-state index contributed by atoms with van der Waals surface area (Å²) in [5.41, 5.74) is 0.757. The molecule has 0 saturated carbocycles. The second-order valence-corrected chi connectivity index (χ2v) is 8.19. The van der Waals surface area contributed by atoms with Crippen molar-refractivity contribution < 1.29 is 17.9 Å². The van der Waals surface area contributed by atoms with Gasteiger partial charge in [0.05, 0.1) is 12.7 Å². The van der Waals surface area contributed by atoms with Crippen LogP contribution < -0.4 is 14.4 Å². The Morgan fingerprint density at radius 2 is 1.97 bits per heavy atom. The van der Waals surface area contributed by atoms with Gasteiger partial charge in [0.2, 0.25) is 10.0 Å². The van der Waals surface area contributed by atoms with Crippen LogP contribution in [0.15, 0.2) is 41.4 Å². The zero-order chi connectivity index (χ0) is 21.0. The summed E-state index contributed by atoms with van der Waals surface area (Å²) >= 11 is 0. The summed E-state index contributed by atoms with van der Waals surface area (Å²) in [6.45, 7) is 1.91. The highest BCUT2D eigenvalue weighted by molar-refractivity contribution is 7.89. The minimum absolute atomic E-state index is 0.0841. The molecule has 1 aromatic carbocycles. The summed E-state index contributed by atoms with van der Waals surface area (Å²) in [7, 11) is -1.10. The Bertz CT molecular complexity index is 1060. The van der Waals surface area contributed by atoms with E-state index in [-0.39, 0.29) is 22.1 Å². The van der Waals surface area contributed by atoms with Gasteiger partial charge in [-0.05, 0) is 37.4 Å². The third kappa shape index (κ3) is 4.16. The number of hydrogen-bond acceptors (Lipinski definition) is 7. The van der Waals surface area contributed by atoms with Crippen molar-refractivity contribution in [2.45, 2.75) is 4.90 Å². The van der Waals surface area contributed by atoms with Crippen LogP contribution in [0.3, 0.4) is 0 Å². The molecule has 152 valence electrons. The summed E-state index contributed by atoms with van der Waals surface area (Å²) < 4.78 is 31.8. The first-order valence-electron chi connectivity index (χ1n) is 8.92. The molecule has 9 nitrogen and oxygen atoms in total. The standard InChI is InChI=1S/C19H21N5O4S/c1-21-29(26,27)17-12-14(5-6-16(17)28-2)19(25)24-10-8-23(9-11-24)18-15(13-20)4-3-7-22-18/h3-7,12,21H,8-11H2,1-2H3. The normalized spacial score (nSPS) is 14.4.